The predicted molar refractivity (Wildman–Crippen MR) is 185 cm³/mol. The second-order valence-electron chi connectivity index (χ2n) is 14.2. The zero-order valence-electron chi connectivity index (χ0n) is 30.7. The van der Waals surface area contributed by atoms with E-state index in [1.807, 2.05) is 12.1 Å². The zero-order chi connectivity index (χ0) is 39.8. The van der Waals surface area contributed by atoms with Crippen LogP contribution in [-0.4, -0.2) is 55.9 Å². The summed E-state index contributed by atoms with van der Waals surface area (Å²) in [6.07, 6.45) is -13.9. The average molecular weight is 763 g/mol. The predicted octanol–water partition coefficient (Wildman–Crippen LogP) is 8.15. The van der Waals surface area contributed by atoms with Crippen molar-refractivity contribution in [2.75, 3.05) is 20.3 Å². The molecule has 0 saturated carbocycles. The Morgan fingerprint density at radius 1 is 0.849 bits per heavy atom. The van der Waals surface area contributed by atoms with E-state index in [4.69, 9.17) is 30.1 Å². The van der Waals surface area contributed by atoms with Gasteiger partial charge in [0, 0.05) is 28.1 Å². The van der Waals surface area contributed by atoms with Crippen LogP contribution in [0.25, 0.3) is 22.1 Å². The molecule has 0 radical (unpaired) electrons. The van der Waals surface area contributed by atoms with Gasteiger partial charge in [-0.25, -0.2) is 14.3 Å². The third-order valence-electron chi connectivity index (χ3n) is 8.08. The number of carbonyl (C=O) groups excluding carboxylic acids is 1. The summed E-state index contributed by atoms with van der Waals surface area (Å²) in [6, 6.07) is 11.2. The summed E-state index contributed by atoms with van der Waals surface area (Å²) < 4.78 is 113. The minimum Gasteiger partial charge on any atom is -0.496 e. The minimum absolute atomic E-state index is 0.0236. The lowest BCUT2D eigenvalue weighted by Crippen LogP contribution is -2.50. The number of nitrogens with two attached hydrogens (primary N) is 2. The van der Waals surface area contributed by atoms with Crippen molar-refractivity contribution in [1.29, 1.82) is 0 Å². The van der Waals surface area contributed by atoms with E-state index >= 15 is 0 Å². The van der Waals surface area contributed by atoms with Crippen LogP contribution in [0.4, 0.5) is 26.3 Å². The molecule has 0 fully saturated rings. The number of esters is 1. The van der Waals surface area contributed by atoms with Crippen LogP contribution < -0.4 is 26.6 Å². The van der Waals surface area contributed by atoms with E-state index in [2.05, 4.69) is 16.4 Å². The number of ether oxygens (including phenoxy) is 5. The molecule has 0 amide bonds. The minimum atomic E-state index is -5.45. The molecule has 0 bridgehead atoms. The molecule has 2 aromatic carbocycles. The van der Waals surface area contributed by atoms with Crippen molar-refractivity contribution in [3.63, 3.8) is 0 Å². The fraction of sp³-hybridized carbons (Fsp3) is 0.568. The number of methoxy groups -OCH3 is 1. The summed E-state index contributed by atoms with van der Waals surface area (Å²) in [5.74, 6) is -1.60. The largest absolute Gasteiger partial charge is 0.496 e. The molecule has 4 N–H and O–H groups in total. The zero-order valence-corrected chi connectivity index (χ0v) is 30.7. The number of carbonyl (C=O) groups is 1. The highest BCUT2D eigenvalue weighted by atomic mass is 19.3. The van der Waals surface area contributed by atoms with Crippen molar-refractivity contribution in [3.8, 4) is 22.6 Å². The fourth-order valence-electron chi connectivity index (χ4n) is 5.37. The van der Waals surface area contributed by atoms with Gasteiger partial charge in [-0.1, -0.05) is 31.9 Å². The van der Waals surface area contributed by atoms with Crippen molar-refractivity contribution in [3.05, 3.63) is 58.4 Å². The van der Waals surface area contributed by atoms with Gasteiger partial charge in [0.2, 0.25) is 0 Å². The summed E-state index contributed by atoms with van der Waals surface area (Å²) in [7, 11) is 1.49. The lowest BCUT2D eigenvalue weighted by atomic mass is 9.80. The normalized spacial score (nSPS) is 13.6. The molecule has 1 atom stereocenters. The Balaban J connectivity index is 1.57. The van der Waals surface area contributed by atoms with Crippen LogP contribution in [0, 0.1) is 5.92 Å². The molecule has 0 saturated heterocycles. The first-order valence-corrected chi connectivity index (χ1v) is 17.1. The number of hydrogen-bond acceptors (Lipinski definition) is 10. The van der Waals surface area contributed by atoms with Crippen LogP contribution in [0.5, 0.6) is 11.5 Å². The molecule has 0 aliphatic rings. The molecule has 0 aliphatic carbocycles. The Kier molecular flexibility index (Phi) is 14.4. The molecule has 16 heteroatoms. The van der Waals surface area contributed by atoms with E-state index in [-0.39, 0.29) is 23.3 Å². The molecule has 1 heterocycles. The number of fused-ring (bicyclic) bond motifs is 1. The van der Waals surface area contributed by atoms with Crippen LogP contribution in [0.1, 0.15) is 78.7 Å². The first kappa shape index (κ1) is 43.5. The topological polar surface area (TPSA) is 145 Å². The maximum absolute atomic E-state index is 14.3. The molecule has 3 rings (SSSR count). The number of unbranched alkanes of at least 4 members (excludes halogenated alkanes) is 2. The van der Waals surface area contributed by atoms with Crippen LogP contribution in [0.2, 0.25) is 0 Å². The Morgan fingerprint density at radius 3 is 2.08 bits per heavy atom. The number of alkyl halides is 6. The highest BCUT2D eigenvalue weighted by Crippen LogP contribution is 2.37. The van der Waals surface area contributed by atoms with Crippen LogP contribution >= 0.6 is 0 Å². The molecule has 53 heavy (non-hydrogen) atoms. The summed E-state index contributed by atoms with van der Waals surface area (Å²) in [4.78, 5) is 25.4. The summed E-state index contributed by atoms with van der Waals surface area (Å²) >= 11 is 0. The van der Waals surface area contributed by atoms with Crippen molar-refractivity contribution in [2.24, 2.45) is 17.4 Å². The van der Waals surface area contributed by atoms with E-state index in [0.29, 0.717) is 16.7 Å². The monoisotopic (exact) mass is 762 g/mol. The third-order valence-corrected chi connectivity index (χ3v) is 8.08. The first-order valence-electron chi connectivity index (χ1n) is 17.1. The molecule has 3 aromatic rings. The molecule has 1 unspecified atom stereocenters. The van der Waals surface area contributed by atoms with Gasteiger partial charge < -0.3 is 30.1 Å². The van der Waals surface area contributed by atoms with Gasteiger partial charge in [-0.2, -0.15) is 17.6 Å². The molecule has 296 valence electrons. The van der Waals surface area contributed by atoms with Crippen molar-refractivity contribution in [2.45, 2.75) is 109 Å². The van der Waals surface area contributed by atoms with Crippen molar-refractivity contribution < 1.29 is 59.2 Å². The Bertz CT molecular complexity index is 1740. The smallest absolute Gasteiger partial charge is 0.494 e. The van der Waals surface area contributed by atoms with Gasteiger partial charge in [0.1, 0.15) is 17.1 Å². The lowest BCUT2D eigenvalue weighted by molar-refractivity contribution is -0.514. The maximum Gasteiger partial charge on any atom is 0.494 e. The number of aryl methyl sites for hydroxylation is 1. The van der Waals surface area contributed by atoms with Crippen molar-refractivity contribution >= 4 is 16.9 Å². The second kappa shape index (κ2) is 17.5. The maximum atomic E-state index is 14.3. The van der Waals surface area contributed by atoms with Crippen LogP contribution in [0.3, 0.4) is 0 Å². The average Bonchev–Trinajstić information content (AvgIpc) is 3.01. The molecule has 0 aliphatic heterocycles. The number of hydrogen-bond donors (Lipinski definition) is 2. The van der Waals surface area contributed by atoms with Crippen molar-refractivity contribution in [1.82, 2.24) is 0 Å². The number of rotatable bonds is 21. The lowest BCUT2D eigenvalue weighted by Gasteiger charge is -2.33. The van der Waals surface area contributed by atoms with Gasteiger partial charge in [-0.15, -0.1) is 8.78 Å². The number of halogens is 6. The van der Waals surface area contributed by atoms with Gasteiger partial charge in [-0.3, -0.25) is 4.79 Å². The van der Waals surface area contributed by atoms with E-state index in [0.717, 1.165) is 31.2 Å². The fourth-order valence-corrected chi connectivity index (χ4v) is 5.37. The second-order valence-corrected chi connectivity index (χ2v) is 14.2. The Hall–Kier alpha value is -3.86. The van der Waals surface area contributed by atoms with Gasteiger partial charge in [0.15, 0.2) is 0 Å². The Labute approximate surface area is 304 Å². The first-order chi connectivity index (χ1) is 24.4. The van der Waals surface area contributed by atoms with Gasteiger partial charge >= 0.3 is 30.1 Å². The highest BCUT2D eigenvalue weighted by Gasteiger charge is 2.52. The van der Waals surface area contributed by atoms with Crippen LogP contribution in [-0.2, 0) is 25.4 Å². The Morgan fingerprint density at radius 2 is 1.49 bits per heavy atom. The summed E-state index contributed by atoms with van der Waals surface area (Å²) in [5, 5.41) is 0.463. The summed E-state index contributed by atoms with van der Waals surface area (Å²) in [6.45, 7) is 6.31. The van der Waals surface area contributed by atoms with Crippen LogP contribution in [0.15, 0.2) is 51.7 Å². The van der Waals surface area contributed by atoms with Gasteiger partial charge in [-0.05, 0) is 76.8 Å². The molecule has 10 nitrogen and oxygen atoms in total. The molecular weight excluding hydrogens is 714 g/mol. The molecular formula is C37H48F6N2O8. The van der Waals surface area contributed by atoms with E-state index in [1.165, 1.54) is 39.2 Å². The highest BCUT2D eigenvalue weighted by molar-refractivity contribution is 5.84. The van der Waals surface area contributed by atoms with Gasteiger partial charge in [0.05, 0.1) is 44.6 Å². The van der Waals surface area contributed by atoms with E-state index in [1.54, 1.807) is 26.0 Å². The quantitative estimate of drug-likeness (QED) is 0.0359. The number of benzene rings is 2. The summed E-state index contributed by atoms with van der Waals surface area (Å²) in [5.41, 5.74) is 11.0. The molecule has 1 aromatic heterocycles. The van der Waals surface area contributed by atoms with E-state index < -0.39 is 73.2 Å². The standard InChI is InChI=1S/C37H48F6N2O8/c1-7-8-9-10-23-11-14-26(30(19-23)48-6)27-20-24-12-13-25(21-29(24)51-31(27)46)49-17-15-35(38,39)52-37(42,43)53-36(40,41)16-18-50-32(47)28(34(4,5)45)22-33(2,3)44/h11-14,19-21,28H,7-10,15-18,22,44-45H2,1-6H3. The van der Waals surface area contributed by atoms with Gasteiger partial charge in [0.25, 0.3) is 0 Å². The third kappa shape index (κ3) is 13.8. The SMILES string of the molecule is CCCCCc1ccc(-c2cc3ccc(OCCC(F)(F)OC(F)(F)OC(F)(F)CCOC(=O)C(CC(C)(C)N)C(C)(C)N)cc3oc2=O)c(OC)c1. The van der Waals surface area contributed by atoms with E-state index in [9.17, 15) is 35.9 Å². The molecule has 0 spiro atoms.